The molecule has 1 aromatic carbocycles. The van der Waals surface area contributed by atoms with Crippen molar-refractivity contribution in [3.63, 3.8) is 0 Å². The van der Waals surface area contributed by atoms with Gasteiger partial charge in [-0.1, -0.05) is 11.8 Å². The lowest BCUT2D eigenvalue weighted by Gasteiger charge is -2.14. The van der Waals surface area contributed by atoms with Gasteiger partial charge in [0.2, 0.25) is 0 Å². The Bertz CT molecular complexity index is 655. The SMILES string of the molecule is CC(NC(=O)c1ccc(C#CCO)cc1)c1ccncc1. The fraction of sp³-hybridized carbons (Fsp3) is 0.176. The van der Waals surface area contributed by atoms with Crippen LogP contribution in [0.1, 0.15) is 34.5 Å². The summed E-state index contributed by atoms with van der Waals surface area (Å²) < 4.78 is 0. The predicted molar refractivity (Wildman–Crippen MR) is 80.5 cm³/mol. The number of nitrogens with one attached hydrogen (secondary N) is 1. The van der Waals surface area contributed by atoms with Crippen LogP contribution in [0, 0.1) is 11.8 Å². The van der Waals surface area contributed by atoms with Gasteiger partial charge in [0.05, 0.1) is 6.04 Å². The molecule has 0 radical (unpaired) electrons. The summed E-state index contributed by atoms with van der Waals surface area (Å²) in [5, 5.41) is 11.6. The van der Waals surface area contributed by atoms with Gasteiger partial charge in [-0.05, 0) is 48.9 Å². The van der Waals surface area contributed by atoms with E-state index in [1.807, 2.05) is 19.1 Å². The van der Waals surface area contributed by atoms with E-state index in [4.69, 9.17) is 5.11 Å². The molecular weight excluding hydrogens is 264 g/mol. The van der Waals surface area contributed by atoms with E-state index >= 15 is 0 Å². The van der Waals surface area contributed by atoms with E-state index in [9.17, 15) is 4.79 Å². The molecule has 0 saturated carbocycles. The van der Waals surface area contributed by atoms with Crippen molar-refractivity contribution in [2.24, 2.45) is 0 Å². The Kier molecular flexibility index (Phi) is 5.08. The second-order valence-corrected chi connectivity index (χ2v) is 4.51. The summed E-state index contributed by atoms with van der Waals surface area (Å²) in [6.45, 7) is 1.75. The predicted octanol–water partition coefficient (Wildman–Crippen LogP) is 1.92. The van der Waals surface area contributed by atoms with E-state index in [2.05, 4.69) is 22.1 Å². The maximum Gasteiger partial charge on any atom is 0.251 e. The number of hydrogen-bond donors (Lipinski definition) is 2. The topological polar surface area (TPSA) is 62.2 Å². The molecule has 0 aliphatic carbocycles. The molecule has 21 heavy (non-hydrogen) atoms. The van der Waals surface area contributed by atoms with Crippen LogP contribution in [0.5, 0.6) is 0 Å². The minimum absolute atomic E-state index is 0.0886. The normalized spacial score (nSPS) is 11.1. The van der Waals surface area contributed by atoms with E-state index < -0.39 is 0 Å². The largest absolute Gasteiger partial charge is 0.384 e. The summed E-state index contributed by atoms with van der Waals surface area (Å²) in [6.07, 6.45) is 3.40. The first kappa shape index (κ1) is 14.8. The van der Waals surface area contributed by atoms with Crippen LogP contribution in [0.15, 0.2) is 48.8 Å². The molecule has 0 bridgehead atoms. The first-order valence-corrected chi connectivity index (χ1v) is 6.61. The maximum absolute atomic E-state index is 12.2. The van der Waals surface area contributed by atoms with Crippen molar-refractivity contribution in [2.75, 3.05) is 6.61 Å². The van der Waals surface area contributed by atoms with Gasteiger partial charge in [-0.3, -0.25) is 9.78 Å². The Morgan fingerprint density at radius 1 is 1.24 bits per heavy atom. The molecule has 2 rings (SSSR count). The number of aliphatic hydroxyl groups excluding tert-OH is 1. The van der Waals surface area contributed by atoms with Crippen LogP contribution < -0.4 is 5.32 Å². The number of pyridine rings is 1. The Balaban J connectivity index is 2.03. The van der Waals surface area contributed by atoms with Crippen molar-refractivity contribution in [3.8, 4) is 11.8 Å². The number of benzene rings is 1. The summed E-state index contributed by atoms with van der Waals surface area (Å²) >= 11 is 0. The zero-order valence-corrected chi connectivity index (χ0v) is 11.7. The van der Waals surface area contributed by atoms with Gasteiger partial charge in [0.25, 0.3) is 5.91 Å². The minimum atomic E-state index is -0.175. The standard InChI is InChI=1S/C17H16N2O2/c1-13(15-8-10-18-11-9-15)19-17(21)16-6-4-14(5-7-16)3-2-12-20/h4-11,13,20H,12H2,1H3,(H,19,21). The van der Waals surface area contributed by atoms with Crippen molar-refractivity contribution in [1.82, 2.24) is 10.3 Å². The molecule has 1 unspecified atom stereocenters. The molecular formula is C17H16N2O2. The lowest BCUT2D eigenvalue weighted by atomic mass is 10.1. The Morgan fingerprint density at radius 3 is 2.52 bits per heavy atom. The third kappa shape index (κ3) is 4.16. The lowest BCUT2D eigenvalue weighted by molar-refractivity contribution is 0.0940. The Labute approximate surface area is 123 Å². The molecule has 0 spiro atoms. The average Bonchev–Trinajstić information content (AvgIpc) is 2.54. The second kappa shape index (κ2) is 7.22. The van der Waals surface area contributed by atoms with Gasteiger partial charge in [0, 0.05) is 23.5 Å². The monoisotopic (exact) mass is 280 g/mol. The molecule has 0 aliphatic heterocycles. The number of aromatic nitrogens is 1. The molecule has 1 heterocycles. The second-order valence-electron chi connectivity index (χ2n) is 4.51. The van der Waals surface area contributed by atoms with Crippen LogP contribution in [-0.4, -0.2) is 22.6 Å². The number of rotatable bonds is 3. The molecule has 106 valence electrons. The van der Waals surface area contributed by atoms with E-state index in [1.54, 1.807) is 36.7 Å². The van der Waals surface area contributed by atoms with Crippen molar-refractivity contribution in [1.29, 1.82) is 0 Å². The molecule has 1 amide bonds. The zero-order valence-electron chi connectivity index (χ0n) is 11.7. The Morgan fingerprint density at radius 2 is 1.90 bits per heavy atom. The molecule has 4 nitrogen and oxygen atoms in total. The molecule has 2 N–H and O–H groups in total. The van der Waals surface area contributed by atoms with Gasteiger partial charge in [0.1, 0.15) is 6.61 Å². The molecule has 0 fully saturated rings. The van der Waals surface area contributed by atoms with Crippen LogP contribution in [0.4, 0.5) is 0 Å². The van der Waals surface area contributed by atoms with Gasteiger partial charge in [-0.2, -0.15) is 0 Å². The summed E-state index contributed by atoms with van der Waals surface area (Å²) in [4.78, 5) is 16.1. The number of amides is 1. The summed E-state index contributed by atoms with van der Waals surface area (Å²) in [5.41, 5.74) is 2.34. The van der Waals surface area contributed by atoms with Crippen molar-refractivity contribution in [3.05, 3.63) is 65.5 Å². The average molecular weight is 280 g/mol. The highest BCUT2D eigenvalue weighted by atomic mass is 16.2. The van der Waals surface area contributed by atoms with Crippen molar-refractivity contribution < 1.29 is 9.90 Å². The van der Waals surface area contributed by atoms with E-state index in [1.165, 1.54) is 0 Å². The minimum Gasteiger partial charge on any atom is -0.384 e. The molecule has 1 atom stereocenters. The fourth-order valence-corrected chi connectivity index (χ4v) is 1.86. The van der Waals surface area contributed by atoms with Gasteiger partial charge in [0.15, 0.2) is 0 Å². The molecule has 0 saturated heterocycles. The number of aliphatic hydroxyl groups is 1. The third-order valence-electron chi connectivity index (χ3n) is 3.01. The van der Waals surface area contributed by atoms with Crippen LogP contribution in [0.25, 0.3) is 0 Å². The highest BCUT2D eigenvalue weighted by Gasteiger charge is 2.10. The van der Waals surface area contributed by atoms with Gasteiger partial charge >= 0.3 is 0 Å². The summed E-state index contributed by atoms with van der Waals surface area (Å²) in [6, 6.07) is 10.6. The highest BCUT2D eigenvalue weighted by molar-refractivity contribution is 5.94. The van der Waals surface area contributed by atoms with Gasteiger partial charge < -0.3 is 10.4 Å². The number of carbonyl (C=O) groups is 1. The summed E-state index contributed by atoms with van der Waals surface area (Å²) in [7, 11) is 0. The number of carbonyl (C=O) groups excluding carboxylic acids is 1. The van der Waals surface area contributed by atoms with Crippen LogP contribution in [0.2, 0.25) is 0 Å². The zero-order chi connectivity index (χ0) is 15.1. The van der Waals surface area contributed by atoms with Crippen LogP contribution >= 0.6 is 0 Å². The van der Waals surface area contributed by atoms with Crippen LogP contribution in [0.3, 0.4) is 0 Å². The molecule has 2 aromatic rings. The molecule has 4 heteroatoms. The molecule has 0 aliphatic rings. The van der Waals surface area contributed by atoms with Gasteiger partial charge in [-0.15, -0.1) is 0 Å². The smallest absolute Gasteiger partial charge is 0.251 e. The first-order chi connectivity index (χ1) is 10.2. The fourth-order valence-electron chi connectivity index (χ4n) is 1.86. The first-order valence-electron chi connectivity index (χ1n) is 6.61. The third-order valence-corrected chi connectivity index (χ3v) is 3.01. The number of hydrogen-bond acceptors (Lipinski definition) is 3. The van der Waals surface area contributed by atoms with Crippen molar-refractivity contribution >= 4 is 5.91 Å². The quantitative estimate of drug-likeness (QED) is 0.844. The van der Waals surface area contributed by atoms with Crippen molar-refractivity contribution in [2.45, 2.75) is 13.0 Å². The van der Waals surface area contributed by atoms with E-state index in [0.717, 1.165) is 11.1 Å². The maximum atomic E-state index is 12.2. The van der Waals surface area contributed by atoms with E-state index in [0.29, 0.717) is 5.56 Å². The highest BCUT2D eigenvalue weighted by Crippen LogP contribution is 2.12. The number of nitrogens with zero attached hydrogens (tertiary/aromatic N) is 1. The van der Waals surface area contributed by atoms with E-state index in [-0.39, 0.29) is 18.6 Å². The van der Waals surface area contributed by atoms with Crippen LogP contribution in [-0.2, 0) is 0 Å². The Hall–Kier alpha value is -2.64. The van der Waals surface area contributed by atoms with Gasteiger partial charge in [-0.25, -0.2) is 0 Å². The lowest BCUT2D eigenvalue weighted by Crippen LogP contribution is -2.26. The molecule has 1 aromatic heterocycles. The summed E-state index contributed by atoms with van der Waals surface area (Å²) in [5.74, 6) is 5.22.